The topological polar surface area (TPSA) is 72.4 Å². The van der Waals surface area contributed by atoms with Crippen molar-refractivity contribution < 1.29 is 18.9 Å². The number of hydrogen-bond donors (Lipinski definition) is 0. The Hall–Kier alpha value is -0.0900. The molecule has 0 spiro atoms. The third kappa shape index (κ3) is 3.96. The number of hydrogen-bond acceptors (Lipinski definition) is 4. The molecule has 0 amide bonds. The predicted octanol–water partition coefficient (Wildman–Crippen LogP) is 1.34. The third-order valence-corrected chi connectivity index (χ3v) is 2.43. The van der Waals surface area contributed by atoms with Gasteiger partial charge in [0.1, 0.15) is 0 Å². The molecule has 0 aliphatic rings. The minimum atomic E-state index is -4.95. The maximum Gasteiger partial charge on any atom is 0.0783 e. The van der Waals surface area contributed by atoms with Crippen molar-refractivity contribution in [2.45, 2.75) is 6.61 Å². The van der Waals surface area contributed by atoms with Crippen LogP contribution in [0.15, 0.2) is 18.2 Å². The first-order chi connectivity index (χ1) is 6.38. The van der Waals surface area contributed by atoms with Crippen molar-refractivity contribution in [2.75, 3.05) is 0 Å². The van der Waals surface area contributed by atoms with Gasteiger partial charge in [0.2, 0.25) is 0 Å². The molecule has 0 aromatic heterocycles. The van der Waals surface area contributed by atoms with E-state index in [4.69, 9.17) is 23.2 Å². The van der Waals surface area contributed by atoms with Crippen LogP contribution in [0.2, 0.25) is 10.0 Å². The molecule has 78 valence electrons. The van der Waals surface area contributed by atoms with E-state index in [1.807, 2.05) is 0 Å². The van der Waals surface area contributed by atoms with Crippen LogP contribution in [0.3, 0.4) is 0 Å². The Morgan fingerprint density at radius 2 is 2.00 bits per heavy atom. The van der Waals surface area contributed by atoms with Gasteiger partial charge >= 0.3 is 0 Å². The maximum absolute atomic E-state index is 10.2. The summed E-state index contributed by atoms with van der Waals surface area (Å²) in [5.74, 6) is 0. The van der Waals surface area contributed by atoms with Gasteiger partial charge in [0.15, 0.2) is 0 Å². The van der Waals surface area contributed by atoms with Gasteiger partial charge in [-0.2, -0.15) is 0 Å². The normalized spacial score (nSPS) is 11.7. The van der Waals surface area contributed by atoms with Gasteiger partial charge in [-0.3, -0.25) is 0 Å². The van der Waals surface area contributed by atoms with Gasteiger partial charge in [-0.05, 0) is 17.7 Å². The first-order valence-electron chi connectivity index (χ1n) is 3.49. The van der Waals surface area contributed by atoms with Gasteiger partial charge < -0.3 is 18.9 Å². The Morgan fingerprint density at radius 3 is 2.50 bits per heavy atom. The summed E-state index contributed by atoms with van der Waals surface area (Å²) < 4.78 is 14.2. The van der Waals surface area contributed by atoms with E-state index in [1.165, 1.54) is 18.2 Å². The van der Waals surface area contributed by atoms with E-state index in [2.05, 4.69) is 4.52 Å². The molecule has 7 heteroatoms. The van der Waals surface area contributed by atoms with Crippen molar-refractivity contribution in [1.82, 2.24) is 0 Å². The van der Waals surface area contributed by atoms with Crippen molar-refractivity contribution >= 4 is 31.0 Å². The first-order valence-corrected chi connectivity index (χ1v) is 5.71. The molecule has 0 N–H and O–H groups in total. The molecule has 0 radical (unpaired) electrons. The summed E-state index contributed by atoms with van der Waals surface area (Å²) >= 11 is 11.3. The lowest BCUT2D eigenvalue weighted by Gasteiger charge is -2.28. The second-order valence-corrected chi connectivity index (χ2v) is 4.45. The highest BCUT2D eigenvalue weighted by atomic mass is 35.5. The molecule has 1 aromatic carbocycles. The van der Waals surface area contributed by atoms with E-state index in [0.29, 0.717) is 10.6 Å². The highest BCUT2D eigenvalue weighted by molar-refractivity contribution is 7.43. The Bertz CT molecular complexity index is 376. The molecule has 1 aromatic rings. The van der Waals surface area contributed by atoms with Crippen LogP contribution in [0.5, 0.6) is 0 Å². The van der Waals surface area contributed by atoms with Gasteiger partial charge in [0, 0.05) is 10.0 Å². The molecule has 0 unspecified atom stereocenters. The Kier molecular flexibility index (Phi) is 3.95. The average Bonchev–Trinajstić information content (AvgIpc) is 2.00. The first kappa shape index (κ1) is 12.0. The van der Waals surface area contributed by atoms with Gasteiger partial charge in [0.05, 0.1) is 14.4 Å². The van der Waals surface area contributed by atoms with Gasteiger partial charge in [-0.1, -0.05) is 29.3 Å². The monoisotopic (exact) mass is 254 g/mol. The lowest BCUT2D eigenvalue weighted by atomic mass is 10.2. The third-order valence-electron chi connectivity index (χ3n) is 1.39. The van der Waals surface area contributed by atoms with Crippen LogP contribution >= 0.6 is 31.0 Å². The average molecular weight is 255 g/mol. The molecule has 0 aliphatic carbocycles. The van der Waals surface area contributed by atoms with Crippen LogP contribution in [0.4, 0.5) is 0 Å². The van der Waals surface area contributed by atoms with Crippen LogP contribution in [-0.4, -0.2) is 0 Å². The Labute approximate surface area is 90.7 Å². The van der Waals surface area contributed by atoms with E-state index >= 15 is 0 Å². The number of halogens is 2. The molecule has 0 saturated heterocycles. The van der Waals surface area contributed by atoms with Crippen molar-refractivity contribution in [2.24, 2.45) is 0 Å². The second kappa shape index (κ2) is 4.62. The molecule has 1 rings (SSSR count). The molecule has 0 fully saturated rings. The summed E-state index contributed by atoms with van der Waals surface area (Å²) in [6, 6.07) is 4.44. The Balaban J connectivity index is 2.73. The predicted molar refractivity (Wildman–Crippen MR) is 48.9 cm³/mol. The van der Waals surface area contributed by atoms with Crippen molar-refractivity contribution in [3.05, 3.63) is 33.8 Å². The fraction of sp³-hybridized carbons (Fsp3) is 0.143. The highest BCUT2D eigenvalue weighted by Gasteiger charge is 2.02. The Morgan fingerprint density at radius 1 is 1.36 bits per heavy atom. The summed E-state index contributed by atoms with van der Waals surface area (Å²) in [7, 11) is -4.95. The molecule has 0 saturated carbocycles. The smallest absolute Gasteiger partial charge is 0.0783 e. The van der Waals surface area contributed by atoms with Crippen molar-refractivity contribution in [1.29, 1.82) is 0 Å². The van der Waals surface area contributed by atoms with Gasteiger partial charge in [0.25, 0.3) is 0 Å². The van der Waals surface area contributed by atoms with Gasteiger partial charge in [-0.25, -0.2) is 0 Å². The molecule has 0 aliphatic heterocycles. The van der Waals surface area contributed by atoms with E-state index in [-0.39, 0.29) is 11.6 Å². The van der Waals surface area contributed by atoms with Gasteiger partial charge in [-0.15, -0.1) is 0 Å². The maximum atomic E-state index is 10.2. The van der Waals surface area contributed by atoms with E-state index in [0.717, 1.165) is 0 Å². The van der Waals surface area contributed by atoms with E-state index < -0.39 is 7.82 Å². The van der Waals surface area contributed by atoms with E-state index in [9.17, 15) is 14.4 Å². The van der Waals surface area contributed by atoms with Crippen LogP contribution in [-0.2, 0) is 15.7 Å². The number of benzene rings is 1. The lowest BCUT2D eigenvalue weighted by molar-refractivity contribution is -0.342. The van der Waals surface area contributed by atoms with Crippen molar-refractivity contribution in [3.63, 3.8) is 0 Å². The number of phosphoric ester groups is 1. The quantitative estimate of drug-likeness (QED) is 0.764. The van der Waals surface area contributed by atoms with Crippen LogP contribution in [0.1, 0.15) is 5.56 Å². The van der Waals surface area contributed by atoms with E-state index in [1.54, 1.807) is 0 Å². The summed E-state index contributed by atoms with van der Waals surface area (Å²) in [4.78, 5) is 20.3. The second-order valence-electron chi connectivity index (χ2n) is 2.46. The molecule has 4 nitrogen and oxygen atoms in total. The molecule has 0 heterocycles. The zero-order chi connectivity index (χ0) is 10.8. The number of rotatable bonds is 3. The fourth-order valence-corrected chi connectivity index (χ4v) is 1.55. The van der Waals surface area contributed by atoms with Crippen molar-refractivity contribution in [3.8, 4) is 0 Å². The minimum absolute atomic E-state index is 0.256. The molecule has 0 bridgehead atoms. The number of phosphoric acid groups is 1. The van der Waals surface area contributed by atoms with Crippen LogP contribution in [0.25, 0.3) is 0 Å². The van der Waals surface area contributed by atoms with Crippen LogP contribution in [0, 0.1) is 0 Å². The lowest BCUT2D eigenvalue weighted by Crippen LogP contribution is -2.16. The zero-order valence-electron chi connectivity index (χ0n) is 6.78. The summed E-state index contributed by atoms with van der Waals surface area (Å²) in [6.45, 7) is -0.375. The molecule has 0 atom stereocenters. The standard InChI is InChI=1S/C7H7Cl2O4P/c8-6-2-1-5(7(9)3-6)4-13-14(10,11)12/h1-3H,4H2,(H2,10,11,12)/p-2. The summed E-state index contributed by atoms with van der Waals surface area (Å²) in [5.41, 5.74) is 0.392. The summed E-state index contributed by atoms with van der Waals surface area (Å²) in [5, 5.41) is 0.678. The zero-order valence-corrected chi connectivity index (χ0v) is 9.18. The molecular weight excluding hydrogens is 250 g/mol. The molecule has 14 heavy (non-hydrogen) atoms. The largest absolute Gasteiger partial charge is 0.790 e. The fourth-order valence-electron chi connectivity index (χ4n) is 0.787. The minimum Gasteiger partial charge on any atom is -0.790 e. The highest BCUT2D eigenvalue weighted by Crippen LogP contribution is 2.29. The SMILES string of the molecule is O=P([O-])([O-])OCc1ccc(Cl)cc1Cl. The molecular formula is C7H5Cl2O4P-2. The van der Waals surface area contributed by atoms with Crippen LogP contribution < -0.4 is 9.79 Å². The summed E-state index contributed by atoms with van der Waals surface area (Å²) in [6.07, 6.45) is 0.